The summed E-state index contributed by atoms with van der Waals surface area (Å²) in [6.07, 6.45) is 6.63. The Bertz CT molecular complexity index is 849. The van der Waals surface area contributed by atoms with Crippen LogP contribution in [0.4, 0.5) is 10.5 Å². The van der Waals surface area contributed by atoms with Gasteiger partial charge in [-0.25, -0.2) is 4.79 Å². The Morgan fingerprint density at radius 2 is 2.04 bits per heavy atom. The highest BCUT2D eigenvalue weighted by atomic mass is 16.6. The first kappa shape index (κ1) is 16.6. The van der Waals surface area contributed by atoms with E-state index in [0.29, 0.717) is 19.7 Å². The first-order chi connectivity index (χ1) is 12.7. The lowest BCUT2D eigenvalue weighted by Crippen LogP contribution is -2.49. The van der Waals surface area contributed by atoms with Crippen molar-refractivity contribution in [1.82, 2.24) is 19.7 Å². The lowest BCUT2D eigenvalue weighted by Gasteiger charge is -2.36. The molecule has 1 aliphatic carbocycles. The average Bonchev–Trinajstić information content (AvgIpc) is 3.27. The molecule has 0 radical (unpaired) electrons. The zero-order chi connectivity index (χ0) is 18.1. The van der Waals surface area contributed by atoms with E-state index in [1.165, 1.54) is 16.8 Å². The minimum Gasteiger partial charge on any atom is -0.450 e. The first-order valence-corrected chi connectivity index (χ1v) is 9.01. The standard InChI is InChI=1S/C19H23N5O2/c1-3-26-19(25)24-10-8-23(9-11-24)18-4-6-20-17-13-14(12-15(17)18)16-5-7-22(2)21-16/h4-7,12H,3,8-11,13H2,1-2H3. The number of aryl methyl sites for hydroxylation is 1. The molecule has 1 aliphatic heterocycles. The highest BCUT2D eigenvalue weighted by Crippen LogP contribution is 2.35. The second kappa shape index (κ2) is 6.82. The summed E-state index contributed by atoms with van der Waals surface area (Å²) >= 11 is 0. The molecule has 1 saturated heterocycles. The molecule has 2 aromatic heterocycles. The Morgan fingerprint density at radius 3 is 2.73 bits per heavy atom. The molecular formula is C19H23N5O2. The van der Waals surface area contributed by atoms with Crippen LogP contribution in [0.1, 0.15) is 23.9 Å². The molecule has 0 aromatic carbocycles. The maximum Gasteiger partial charge on any atom is 0.409 e. The molecule has 2 aromatic rings. The molecule has 0 unspecified atom stereocenters. The predicted octanol–water partition coefficient (Wildman–Crippen LogP) is 2.19. The molecular weight excluding hydrogens is 330 g/mol. The summed E-state index contributed by atoms with van der Waals surface area (Å²) in [5.74, 6) is 0. The van der Waals surface area contributed by atoms with E-state index < -0.39 is 0 Å². The number of hydrogen-bond donors (Lipinski definition) is 0. The van der Waals surface area contributed by atoms with Crippen LogP contribution in [0.5, 0.6) is 0 Å². The molecule has 1 fully saturated rings. The van der Waals surface area contributed by atoms with Gasteiger partial charge in [0.05, 0.1) is 18.0 Å². The van der Waals surface area contributed by atoms with Gasteiger partial charge in [-0.3, -0.25) is 9.67 Å². The van der Waals surface area contributed by atoms with Crippen LogP contribution in [0.2, 0.25) is 0 Å². The van der Waals surface area contributed by atoms with Crippen molar-refractivity contribution in [3.8, 4) is 0 Å². The van der Waals surface area contributed by atoms with Gasteiger partial charge in [-0.1, -0.05) is 0 Å². The molecule has 0 spiro atoms. The molecule has 26 heavy (non-hydrogen) atoms. The van der Waals surface area contributed by atoms with Crippen LogP contribution in [0.3, 0.4) is 0 Å². The summed E-state index contributed by atoms with van der Waals surface area (Å²) in [7, 11) is 1.93. The summed E-state index contributed by atoms with van der Waals surface area (Å²) < 4.78 is 6.92. The van der Waals surface area contributed by atoms with E-state index >= 15 is 0 Å². The van der Waals surface area contributed by atoms with Crippen molar-refractivity contribution in [3.05, 3.63) is 41.5 Å². The quantitative estimate of drug-likeness (QED) is 0.846. The molecule has 0 bridgehead atoms. The van der Waals surface area contributed by atoms with E-state index in [0.717, 1.165) is 30.9 Å². The van der Waals surface area contributed by atoms with Gasteiger partial charge >= 0.3 is 6.09 Å². The second-order valence-electron chi connectivity index (χ2n) is 6.58. The highest BCUT2D eigenvalue weighted by molar-refractivity contribution is 5.91. The van der Waals surface area contributed by atoms with Crippen molar-refractivity contribution in [2.75, 3.05) is 37.7 Å². The largest absolute Gasteiger partial charge is 0.450 e. The van der Waals surface area contributed by atoms with Crippen LogP contribution in [0.15, 0.2) is 24.5 Å². The van der Waals surface area contributed by atoms with E-state index in [9.17, 15) is 4.79 Å². The van der Waals surface area contributed by atoms with Crippen LogP contribution in [0.25, 0.3) is 11.6 Å². The van der Waals surface area contributed by atoms with E-state index in [1.807, 2.05) is 37.1 Å². The van der Waals surface area contributed by atoms with E-state index in [2.05, 4.69) is 27.1 Å². The Labute approximate surface area is 152 Å². The fourth-order valence-corrected chi connectivity index (χ4v) is 3.58. The average molecular weight is 353 g/mol. The van der Waals surface area contributed by atoms with Gasteiger partial charge in [0.15, 0.2) is 0 Å². The predicted molar refractivity (Wildman–Crippen MR) is 99.8 cm³/mol. The smallest absolute Gasteiger partial charge is 0.409 e. The van der Waals surface area contributed by atoms with Gasteiger partial charge in [0.1, 0.15) is 0 Å². The van der Waals surface area contributed by atoms with Crippen molar-refractivity contribution in [2.24, 2.45) is 7.05 Å². The number of piperazine rings is 1. The number of nitrogens with zero attached hydrogens (tertiary/aromatic N) is 5. The SMILES string of the molecule is CCOC(=O)N1CCN(c2ccnc3c2C=C(c2ccn(C)n2)C3)CC1. The Kier molecular flexibility index (Phi) is 4.36. The van der Waals surface area contributed by atoms with Gasteiger partial charge in [0.25, 0.3) is 0 Å². The number of pyridine rings is 1. The summed E-state index contributed by atoms with van der Waals surface area (Å²) in [5, 5.41) is 4.51. The highest BCUT2D eigenvalue weighted by Gasteiger charge is 2.26. The number of ether oxygens (including phenoxy) is 1. The maximum atomic E-state index is 11.9. The van der Waals surface area contributed by atoms with Crippen molar-refractivity contribution >= 4 is 23.4 Å². The van der Waals surface area contributed by atoms with Crippen LogP contribution >= 0.6 is 0 Å². The molecule has 7 nitrogen and oxygen atoms in total. The van der Waals surface area contributed by atoms with E-state index in [-0.39, 0.29) is 6.09 Å². The molecule has 3 heterocycles. The third-order valence-corrected chi connectivity index (χ3v) is 4.92. The molecule has 1 amide bonds. The molecule has 0 N–H and O–H groups in total. The van der Waals surface area contributed by atoms with Gasteiger partial charge in [-0.05, 0) is 30.7 Å². The monoisotopic (exact) mass is 353 g/mol. The van der Waals surface area contributed by atoms with Crippen LogP contribution in [-0.4, -0.2) is 58.5 Å². The lowest BCUT2D eigenvalue weighted by atomic mass is 10.1. The maximum absolute atomic E-state index is 11.9. The fourth-order valence-electron chi connectivity index (χ4n) is 3.58. The zero-order valence-corrected chi connectivity index (χ0v) is 15.2. The van der Waals surface area contributed by atoms with E-state index in [1.54, 1.807) is 4.90 Å². The number of rotatable bonds is 3. The van der Waals surface area contributed by atoms with Gasteiger partial charge in [0, 0.05) is 63.3 Å². The Balaban J connectivity index is 1.53. The Hall–Kier alpha value is -2.83. The lowest BCUT2D eigenvalue weighted by molar-refractivity contribution is 0.105. The summed E-state index contributed by atoms with van der Waals surface area (Å²) in [4.78, 5) is 20.6. The molecule has 0 saturated carbocycles. The number of amides is 1. The minimum absolute atomic E-state index is 0.218. The number of fused-ring (bicyclic) bond motifs is 1. The van der Waals surface area contributed by atoms with Gasteiger partial charge in [0.2, 0.25) is 0 Å². The fraction of sp³-hybridized carbons (Fsp3) is 0.421. The Morgan fingerprint density at radius 1 is 1.23 bits per heavy atom. The number of hydrogen-bond acceptors (Lipinski definition) is 5. The third-order valence-electron chi connectivity index (χ3n) is 4.92. The van der Waals surface area contributed by atoms with Gasteiger partial charge in [-0.2, -0.15) is 5.10 Å². The molecule has 2 aliphatic rings. The first-order valence-electron chi connectivity index (χ1n) is 9.01. The summed E-state index contributed by atoms with van der Waals surface area (Å²) in [5.41, 5.74) is 5.66. The summed E-state index contributed by atoms with van der Waals surface area (Å²) in [6, 6.07) is 4.10. The third kappa shape index (κ3) is 3.05. The minimum atomic E-state index is -0.218. The molecule has 4 rings (SSSR count). The molecule has 136 valence electrons. The van der Waals surface area contributed by atoms with Crippen molar-refractivity contribution in [2.45, 2.75) is 13.3 Å². The van der Waals surface area contributed by atoms with Crippen LogP contribution in [0, 0.1) is 0 Å². The number of carbonyl (C=O) groups excluding carboxylic acids is 1. The van der Waals surface area contributed by atoms with Crippen molar-refractivity contribution < 1.29 is 9.53 Å². The van der Waals surface area contributed by atoms with Crippen molar-refractivity contribution in [3.63, 3.8) is 0 Å². The summed E-state index contributed by atoms with van der Waals surface area (Å²) in [6.45, 7) is 5.18. The van der Waals surface area contributed by atoms with Crippen LogP contribution in [-0.2, 0) is 18.2 Å². The van der Waals surface area contributed by atoms with E-state index in [4.69, 9.17) is 4.74 Å². The van der Waals surface area contributed by atoms with Gasteiger partial charge in [-0.15, -0.1) is 0 Å². The topological polar surface area (TPSA) is 63.5 Å². The number of carbonyl (C=O) groups is 1. The number of allylic oxidation sites excluding steroid dienone is 1. The number of aromatic nitrogens is 3. The second-order valence-corrected chi connectivity index (χ2v) is 6.58. The number of anilines is 1. The molecule has 7 heteroatoms. The molecule has 0 atom stereocenters. The van der Waals surface area contributed by atoms with Crippen LogP contribution < -0.4 is 4.90 Å². The van der Waals surface area contributed by atoms with Crippen molar-refractivity contribution in [1.29, 1.82) is 0 Å². The van der Waals surface area contributed by atoms with Gasteiger partial charge < -0.3 is 14.5 Å². The zero-order valence-electron chi connectivity index (χ0n) is 15.2. The normalized spacial score (nSPS) is 16.5.